The van der Waals surface area contributed by atoms with E-state index >= 15 is 0 Å². The van der Waals surface area contributed by atoms with Gasteiger partial charge in [-0.3, -0.25) is 9.59 Å². The van der Waals surface area contributed by atoms with Gasteiger partial charge in [-0.1, -0.05) is 108 Å². The van der Waals surface area contributed by atoms with Gasteiger partial charge in [-0.2, -0.15) is 0 Å². The first kappa shape index (κ1) is 35.6. The Morgan fingerprint density at radius 2 is 0.686 bits per heavy atom. The molecule has 0 aliphatic heterocycles. The Morgan fingerprint density at radius 1 is 0.457 bits per heavy atom. The smallest absolute Gasteiger partial charge is 0.302 e. The molecule has 35 heavy (non-hydrogen) atoms. The van der Waals surface area contributed by atoms with Crippen molar-refractivity contribution in [1.82, 2.24) is 0 Å². The number of carbonyl (C=O) groups is 2. The van der Waals surface area contributed by atoms with Crippen molar-refractivity contribution in [2.45, 2.75) is 149 Å². The number of hydrogen-bond acceptors (Lipinski definition) is 4. The summed E-state index contributed by atoms with van der Waals surface area (Å²) in [4.78, 5) is 21.0. The van der Waals surface area contributed by atoms with Gasteiger partial charge in [0.25, 0.3) is 0 Å². The number of esters is 2. The average molecular weight is 495 g/mol. The summed E-state index contributed by atoms with van der Waals surface area (Å²) in [5.74, 6) is -0.323. The first-order valence-corrected chi connectivity index (χ1v) is 14.5. The fraction of sp³-hybridized carbons (Fsp3) is 0.806. The second kappa shape index (κ2) is 32.4. The van der Waals surface area contributed by atoms with Gasteiger partial charge in [0.1, 0.15) is 0 Å². The van der Waals surface area contributed by atoms with Crippen LogP contribution in [0, 0.1) is 0 Å². The Bertz CT molecular complexity index is 473. The summed E-state index contributed by atoms with van der Waals surface area (Å²) in [7, 11) is 0. The molecule has 0 aromatic heterocycles. The normalized spacial score (nSPS) is 10.2. The number of unbranched alkanes of at least 4 members (excludes halogenated alkanes) is 19. The van der Waals surface area contributed by atoms with E-state index in [-0.39, 0.29) is 11.9 Å². The van der Waals surface area contributed by atoms with Crippen LogP contribution in [0.5, 0.6) is 0 Å². The average Bonchev–Trinajstić information content (AvgIpc) is 2.83. The third-order valence-electron chi connectivity index (χ3n) is 5.97. The molecule has 0 heterocycles. The van der Waals surface area contributed by atoms with E-state index in [0.29, 0.717) is 13.2 Å². The van der Waals surface area contributed by atoms with Gasteiger partial charge in [0.2, 0.25) is 0 Å². The fourth-order valence-electron chi connectivity index (χ4n) is 3.86. The summed E-state index contributed by atoms with van der Waals surface area (Å²) in [5.41, 5.74) is 0. The van der Waals surface area contributed by atoms with E-state index in [9.17, 15) is 9.59 Å². The molecule has 0 saturated carbocycles. The predicted molar refractivity (Wildman–Crippen MR) is 151 cm³/mol. The molecule has 0 N–H and O–H groups in total. The van der Waals surface area contributed by atoms with Gasteiger partial charge < -0.3 is 9.47 Å². The van der Waals surface area contributed by atoms with Crippen molar-refractivity contribution in [3.05, 3.63) is 25.3 Å². The monoisotopic (exact) mass is 494 g/mol. The summed E-state index contributed by atoms with van der Waals surface area (Å²) in [6.45, 7) is 11.6. The number of rotatable bonds is 25. The molecule has 0 fully saturated rings. The first-order valence-electron chi connectivity index (χ1n) is 14.5. The van der Waals surface area contributed by atoms with Crippen molar-refractivity contribution < 1.29 is 19.1 Å². The van der Waals surface area contributed by atoms with Crippen molar-refractivity contribution in [3.63, 3.8) is 0 Å². The molecule has 0 aromatic carbocycles. The maximum atomic E-state index is 10.5. The fourth-order valence-corrected chi connectivity index (χ4v) is 3.86. The Kier molecular flexibility index (Phi) is 33.0. The molecule has 0 atom stereocenters. The summed E-state index contributed by atoms with van der Waals surface area (Å²) in [6, 6.07) is 0. The van der Waals surface area contributed by atoms with Crippen LogP contribution in [-0.4, -0.2) is 25.2 Å². The van der Waals surface area contributed by atoms with Gasteiger partial charge in [-0.15, -0.1) is 13.2 Å². The summed E-state index contributed by atoms with van der Waals surface area (Å²) >= 11 is 0. The lowest BCUT2D eigenvalue weighted by Crippen LogP contribution is -2.00. The molecule has 0 saturated heterocycles. The van der Waals surface area contributed by atoms with Crippen LogP contribution in [0.25, 0.3) is 0 Å². The van der Waals surface area contributed by atoms with Gasteiger partial charge in [-0.05, 0) is 38.5 Å². The molecule has 4 heteroatoms. The molecule has 0 spiro atoms. The topological polar surface area (TPSA) is 52.6 Å². The second-order valence-corrected chi connectivity index (χ2v) is 9.55. The van der Waals surface area contributed by atoms with E-state index in [4.69, 9.17) is 9.47 Å². The van der Waals surface area contributed by atoms with E-state index in [1.54, 1.807) is 0 Å². The molecule has 0 unspecified atom stereocenters. The third kappa shape index (κ3) is 39.9. The Hall–Kier alpha value is -1.58. The van der Waals surface area contributed by atoms with Crippen molar-refractivity contribution in [3.8, 4) is 0 Å². The lowest BCUT2D eigenvalue weighted by atomic mass is 10.1. The molecular formula is C31H58O4. The lowest BCUT2D eigenvalue weighted by Gasteiger charge is -2.03. The maximum Gasteiger partial charge on any atom is 0.302 e. The summed E-state index contributed by atoms with van der Waals surface area (Å²) in [5, 5.41) is 0. The van der Waals surface area contributed by atoms with E-state index < -0.39 is 0 Å². The van der Waals surface area contributed by atoms with Crippen LogP contribution in [0.4, 0.5) is 0 Å². The highest BCUT2D eigenvalue weighted by atomic mass is 16.5. The zero-order valence-electron chi connectivity index (χ0n) is 23.5. The predicted octanol–water partition coefficient (Wildman–Crippen LogP) is 9.66. The van der Waals surface area contributed by atoms with E-state index in [0.717, 1.165) is 19.3 Å². The third-order valence-corrected chi connectivity index (χ3v) is 5.97. The molecular weight excluding hydrogens is 436 g/mol. The minimum atomic E-state index is -0.162. The van der Waals surface area contributed by atoms with Crippen LogP contribution in [0.2, 0.25) is 0 Å². The number of allylic oxidation sites excluding steroid dienone is 2. The van der Waals surface area contributed by atoms with Gasteiger partial charge in [0, 0.05) is 13.8 Å². The van der Waals surface area contributed by atoms with E-state index in [1.807, 2.05) is 12.2 Å². The van der Waals surface area contributed by atoms with E-state index in [1.165, 1.54) is 129 Å². The Labute approximate surface area is 218 Å². The van der Waals surface area contributed by atoms with Gasteiger partial charge in [0.15, 0.2) is 0 Å². The molecule has 0 aliphatic carbocycles. The van der Waals surface area contributed by atoms with Crippen molar-refractivity contribution in [2.24, 2.45) is 0 Å². The zero-order chi connectivity index (χ0) is 26.2. The Morgan fingerprint density at radius 3 is 0.914 bits per heavy atom. The molecule has 0 rings (SSSR count). The largest absolute Gasteiger partial charge is 0.466 e. The van der Waals surface area contributed by atoms with Gasteiger partial charge >= 0.3 is 11.9 Å². The molecule has 206 valence electrons. The van der Waals surface area contributed by atoms with Crippen LogP contribution in [0.15, 0.2) is 25.3 Å². The SMILES string of the molecule is C=CCCCCCCCCCCCCOC(C)=O.C=CCCCCCCCCCCCOC(C)=O. The molecule has 0 bridgehead atoms. The first-order chi connectivity index (χ1) is 17.0. The summed E-state index contributed by atoms with van der Waals surface area (Å²) in [6.07, 6.45) is 30.8. The number of hydrogen-bond donors (Lipinski definition) is 0. The highest BCUT2D eigenvalue weighted by Crippen LogP contribution is 2.12. The van der Waals surface area contributed by atoms with Crippen LogP contribution in [-0.2, 0) is 19.1 Å². The number of carbonyl (C=O) groups excluding carboxylic acids is 2. The number of ether oxygens (including phenoxy) is 2. The standard InChI is InChI=1S/C16H30O2.C15H28O2/c1-3-4-5-6-7-8-9-10-11-12-13-14-15-18-16(2)17;1-3-4-5-6-7-8-9-10-11-12-13-14-17-15(2)16/h3H,1,4-15H2,2H3;3H,1,4-14H2,2H3. The molecule has 4 nitrogen and oxygen atoms in total. The minimum absolute atomic E-state index is 0.161. The second-order valence-electron chi connectivity index (χ2n) is 9.55. The van der Waals surface area contributed by atoms with Crippen LogP contribution >= 0.6 is 0 Å². The highest BCUT2D eigenvalue weighted by Gasteiger charge is 1.96. The van der Waals surface area contributed by atoms with Crippen LogP contribution in [0.1, 0.15) is 149 Å². The van der Waals surface area contributed by atoms with Crippen LogP contribution in [0.3, 0.4) is 0 Å². The zero-order valence-corrected chi connectivity index (χ0v) is 23.5. The lowest BCUT2D eigenvalue weighted by molar-refractivity contribution is -0.142. The molecule has 0 radical (unpaired) electrons. The van der Waals surface area contributed by atoms with Crippen molar-refractivity contribution in [1.29, 1.82) is 0 Å². The highest BCUT2D eigenvalue weighted by molar-refractivity contribution is 5.66. The quantitative estimate of drug-likeness (QED) is 0.0720. The van der Waals surface area contributed by atoms with E-state index in [2.05, 4.69) is 13.2 Å². The van der Waals surface area contributed by atoms with Gasteiger partial charge in [-0.25, -0.2) is 0 Å². The van der Waals surface area contributed by atoms with Crippen molar-refractivity contribution >= 4 is 11.9 Å². The molecule has 0 amide bonds. The maximum absolute atomic E-state index is 10.5. The summed E-state index contributed by atoms with van der Waals surface area (Å²) < 4.78 is 9.77. The molecule has 0 aromatic rings. The minimum Gasteiger partial charge on any atom is -0.466 e. The molecule has 0 aliphatic rings. The van der Waals surface area contributed by atoms with Gasteiger partial charge in [0.05, 0.1) is 13.2 Å². The van der Waals surface area contributed by atoms with Crippen molar-refractivity contribution in [2.75, 3.05) is 13.2 Å². The Balaban J connectivity index is 0. The van der Waals surface area contributed by atoms with Crippen LogP contribution < -0.4 is 0 Å².